The SMILES string of the molecule is CCc1cc(CN2CCCC2)cc(-c2nc(-c3cc(C)c(OC[C@@H](O)CC(O)C(N)=O)c(CC)c3)no2)c1. The summed E-state index contributed by atoms with van der Waals surface area (Å²) >= 11 is 0. The first-order valence-corrected chi connectivity index (χ1v) is 13.4. The summed E-state index contributed by atoms with van der Waals surface area (Å²) in [6, 6.07) is 10.4. The zero-order valence-electron chi connectivity index (χ0n) is 22.4. The molecule has 204 valence electrons. The predicted molar refractivity (Wildman–Crippen MR) is 144 cm³/mol. The first-order chi connectivity index (χ1) is 18.3. The van der Waals surface area contributed by atoms with Crippen LogP contribution in [-0.4, -0.2) is 63.1 Å². The molecule has 9 nitrogen and oxygen atoms in total. The average molecular weight is 523 g/mol. The number of aryl methyl sites for hydroxylation is 3. The van der Waals surface area contributed by atoms with Gasteiger partial charge in [-0.05, 0) is 92.2 Å². The van der Waals surface area contributed by atoms with Crippen molar-refractivity contribution < 1.29 is 24.3 Å². The van der Waals surface area contributed by atoms with Gasteiger partial charge in [-0.3, -0.25) is 9.69 Å². The van der Waals surface area contributed by atoms with Gasteiger partial charge in [0.15, 0.2) is 0 Å². The van der Waals surface area contributed by atoms with E-state index in [1.807, 2.05) is 26.0 Å². The van der Waals surface area contributed by atoms with E-state index < -0.39 is 18.1 Å². The van der Waals surface area contributed by atoms with Crippen LogP contribution in [-0.2, 0) is 24.2 Å². The quantitative estimate of drug-likeness (QED) is 0.329. The molecule has 1 aliphatic rings. The summed E-state index contributed by atoms with van der Waals surface area (Å²) < 4.78 is 11.6. The normalized spacial score (nSPS) is 15.5. The summed E-state index contributed by atoms with van der Waals surface area (Å²) in [6.07, 6.45) is 1.51. The second-order valence-corrected chi connectivity index (χ2v) is 10.1. The molecule has 3 aromatic rings. The van der Waals surface area contributed by atoms with Gasteiger partial charge in [0.2, 0.25) is 11.7 Å². The number of nitrogens with two attached hydrogens (primary N) is 1. The molecule has 0 aliphatic carbocycles. The van der Waals surface area contributed by atoms with E-state index in [0.717, 1.165) is 48.3 Å². The molecule has 0 bridgehead atoms. The van der Waals surface area contributed by atoms with Crippen molar-refractivity contribution in [2.24, 2.45) is 5.73 Å². The predicted octanol–water partition coefficient (Wildman–Crippen LogP) is 3.41. The molecule has 2 atom stereocenters. The first kappa shape index (κ1) is 27.8. The van der Waals surface area contributed by atoms with Crippen molar-refractivity contribution in [1.29, 1.82) is 0 Å². The molecular weight excluding hydrogens is 484 g/mol. The number of carbonyl (C=O) groups excluding carboxylic acids is 1. The monoisotopic (exact) mass is 522 g/mol. The second kappa shape index (κ2) is 12.5. The minimum atomic E-state index is -1.41. The molecule has 1 saturated heterocycles. The Kier molecular flexibility index (Phi) is 9.14. The number of ether oxygens (including phenoxy) is 1. The van der Waals surface area contributed by atoms with Crippen molar-refractivity contribution >= 4 is 5.91 Å². The van der Waals surface area contributed by atoms with E-state index in [4.69, 9.17) is 20.0 Å². The third-order valence-electron chi connectivity index (χ3n) is 6.97. The number of nitrogens with zero attached hydrogens (tertiary/aromatic N) is 3. The highest BCUT2D eigenvalue weighted by Gasteiger charge is 2.20. The maximum Gasteiger partial charge on any atom is 0.258 e. The van der Waals surface area contributed by atoms with E-state index in [2.05, 4.69) is 35.2 Å². The van der Waals surface area contributed by atoms with E-state index in [0.29, 0.717) is 23.9 Å². The molecular formula is C29H38N4O5. The lowest BCUT2D eigenvalue weighted by molar-refractivity contribution is -0.127. The van der Waals surface area contributed by atoms with Gasteiger partial charge in [0.05, 0.1) is 6.10 Å². The summed E-state index contributed by atoms with van der Waals surface area (Å²) in [5, 5.41) is 24.0. The Morgan fingerprint density at radius 3 is 2.50 bits per heavy atom. The van der Waals surface area contributed by atoms with Crippen LogP contribution in [0.2, 0.25) is 0 Å². The van der Waals surface area contributed by atoms with E-state index >= 15 is 0 Å². The molecule has 4 rings (SSSR count). The van der Waals surface area contributed by atoms with Gasteiger partial charge >= 0.3 is 0 Å². The Morgan fingerprint density at radius 1 is 1.08 bits per heavy atom. The minimum absolute atomic E-state index is 0.0720. The van der Waals surface area contributed by atoms with Crippen molar-refractivity contribution in [1.82, 2.24) is 15.0 Å². The van der Waals surface area contributed by atoms with Crippen LogP contribution >= 0.6 is 0 Å². The molecule has 9 heteroatoms. The highest BCUT2D eigenvalue weighted by Crippen LogP contribution is 2.32. The van der Waals surface area contributed by atoms with Crippen LogP contribution in [0.4, 0.5) is 0 Å². The van der Waals surface area contributed by atoms with Gasteiger partial charge in [-0.15, -0.1) is 0 Å². The van der Waals surface area contributed by atoms with E-state index in [9.17, 15) is 15.0 Å². The lowest BCUT2D eigenvalue weighted by Gasteiger charge is -2.18. The van der Waals surface area contributed by atoms with Crippen LogP contribution in [0.5, 0.6) is 5.75 Å². The fourth-order valence-electron chi connectivity index (χ4n) is 4.91. The largest absolute Gasteiger partial charge is 0.490 e. The molecule has 0 radical (unpaired) electrons. The fraction of sp³-hybridized carbons (Fsp3) is 0.483. The van der Waals surface area contributed by atoms with E-state index in [-0.39, 0.29) is 13.0 Å². The number of aliphatic hydroxyl groups excluding tert-OH is 2. The Morgan fingerprint density at radius 2 is 1.82 bits per heavy atom. The van der Waals surface area contributed by atoms with Crippen LogP contribution in [0.3, 0.4) is 0 Å². The van der Waals surface area contributed by atoms with Crippen LogP contribution in [0.15, 0.2) is 34.9 Å². The third-order valence-corrected chi connectivity index (χ3v) is 6.97. The topological polar surface area (TPSA) is 135 Å². The summed E-state index contributed by atoms with van der Waals surface area (Å²) in [5.74, 6) is 0.763. The van der Waals surface area contributed by atoms with Gasteiger partial charge in [0, 0.05) is 24.1 Å². The summed E-state index contributed by atoms with van der Waals surface area (Å²) in [6.45, 7) is 9.22. The van der Waals surface area contributed by atoms with Crippen molar-refractivity contribution in [3.05, 3.63) is 52.6 Å². The minimum Gasteiger partial charge on any atom is -0.490 e. The van der Waals surface area contributed by atoms with Gasteiger partial charge < -0.3 is 25.2 Å². The molecule has 1 fully saturated rings. The summed E-state index contributed by atoms with van der Waals surface area (Å²) in [7, 11) is 0. The van der Waals surface area contributed by atoms with Gasteiger partial charge in [0.1, 0.15) is 18.5 Å². The number of hydrogen-bond acceptors (Lipinski definition) is 8. The molecule has 0 spiro atoms. The number of aromatic nitrogens is 2. The van der Waals surface area contributed by atoms with Crippen molar-refractivity contribution in [3.8, 4) is 28.6 Å². The lowest BCUT2D eigenvalue weighted by atomic mass is 10.0. The number of likely N-dealkylation sites (tertiary alicyclic amines) is 1. The van der Waals surface area contributed by atoms with E-state index in [1.54, 1.807) is 0 Å². The molecule has 4 N–H and O–H groups in total. The van der Waals surface area contributed by atoms with Gasteiger partial charge in [-0.25, -0.2) is 0 Å². The number of carbonyl (C=O) groups is 1. The zero-order valence-corrected chi connectivity index (χ0v) is 22.4. The number of primary amides is 1. The average Bonchev–Trinajstić information content (AvgIpc) is 3.60. The van der Waals surface area contributed by atoms with Gasteiger partial charge in [-0.1, -0.05) is 25.1 Å². The molecule has 1 aromatic heterocycles. The Balaban J connectivity index is 1.53. The van der Waals surface area contributed by atoms with Crippen molar-refractivity contribution in [2.45, 2.75) is 71.6 Å². The smallest absolute Gasteiger partial charge is 0.258 e. The maximum atomic E-state index is 11.0. The van der Waals surface area contributed by atoms with Crippen LogP contribution < -0.4 is 10.5 Å². The highest BCUT2D eigenvalue weighted by atomic mass is 16.5. The van der Waals surface area contributed by atoms with Crippen molar-refractivity contribution in [2.75, 3.05) is 19.7 Å². The fourth-order valence-corrected chi connectivity index (χ4v) is 4.91. The van der Waals surface area contributed by atoms with Gasteiger partial charge in [-0.2, -0.15) is 4.98 Å². The summed E-state index contributed by atoms with van der Waals surface area (Å²) in [5.41, 5.74) is 11.1. The summed E-state index contributed by atoms with van der Waals surface area (Å²) in [4.78, 5) is 18.3. The molecule has 2 aromatic carbocycles. The second-order valence-electron chi connectivity index (χ2n) is 10.1. The highest BCUT2D eigenvalue weighted by molar-refractivity contribution is 5.78. The number of benzene rings is 2. The van der Waals surface area contributed by atoms with Crippen LogP contribution in [0, 0.1) is 6.92 Å². The number of rotatable bonds is 12. The number of aliphatic hydroxyl groups is 2. The Labute approximate surface area is 223 Å². The molecule has 1 aliphatic heterocycles. The Bertz CT molecular complexity index is 1250. The lowest BCUT2D eigenvalue weighted by Crippen LogP contribution is -2.33. The van der Waals surface area contributed by atoms with E-state index in [1.165, 1.54) is 24.0 Å². The Hall–Kier alpha value is -3.27. The van der Waals surface area contributed by atoms with Crippen molar-refractivity contribution in [3.63, 3.8) is 0 Å². The number of hydrogen-bond donors (Lipinski definition) is 3. The van der Waals surface area contributed by atoms with Crippen LogP contribution in [0.1, 0.15) is 55.4 Å². The van der Waals surface area contributed by atoms with Crippen LogP contribution in [0.25, 0.3) is 22.8 Å². The number of amides is 1. The molecule has 2 heterocycles. The zero-order chi connectivity index (χ0) is 27.2. The van der Waals surface area contributed by atoms with Gasteiger partial charge in [0.25, 0.3) is 5.89 Å². The standard InChI is InChI=1S/C29H38N4O5/c1-4-19-11-20(16-33-8-6-7-9-33)13-23(12-19)29-31-28(32-38-29)22-10-18(3)26(21(5-2)14-22)37-17-24(34)15-25(35)27(30)36/h10-14,24-25,34-35H,4-9,15-17H2,1-3H3,(H2,30,36)/t24-,25?/m0/s1. The molecule has 1 amide bonds. The third kappa shape index (κ3) is 6.78. The molecule has 38 heavy (non-hydrogen) atoms. The molecule has 1 unspecified atom stereocenters. The first-order valence-electron chi connectivity index (χ1n) is 13.4. The maximum absolute atomic E-state index is 11.0. The molecule has 0 saturated carbocycles.